The minimum Gasteiger partial charge on any atom is -0.507 e. The van der Waals surface area contributed by atoms with Gasteiger partial charge in [-0.05, 0) is 24.3 Å². The third-order valence-corrected chi connectivity index (χ3v) is 2.16. The van der Waals surface area contributed by atoms with Gasteiger partial charge >= 0.3 is 0 Å². The summed E-state index contributed by atoms with van der Waals surface area (Å²) in [6.07, 6.45) is 0. The van der Waals surface area contributed by atoms with Crippen molar-refractivity contribution in [2.45, 2.75) is 0 Å². The summed E-state index contributed by atoms with van der Waals surface area (Å²) in [6.45, 7) is 0. The van der Waals surface area contributed by atoms with Crippen molar-refractivity contribution >= 4 is 0 Å². The number of ether oxygens (including phenoxy) is 1. The first-order valence-corrected chi connectivity index (χ1v) is 4.64. The molecule has 0 spiro atoms. The van der Waals surface area contributed by atoms with Crippen molar-refractivity contribution in [3.05, 3.63) is 40.7 Å². The monoisotopic (exact) mass is 218 g/mol. The molecule has 2 rings (SSSR count). The lowest BCUT2D eigenvalue weighted by Crippen LogP contribution is -2.05. The van der Waals surface area contributed by atoms with E-state index in [9.17, 15) is 9.90 Å². The molecule has 0 aliphatic heterocycles. The zero-order valence-corrected chi connectivity index (χ0v) is 8.60. The molecule has 0 saturated carbocycles. The summed E-state index contributed by atoms with van der Waals surface area (Å²) in [6, 6.07) is 7.69. The number of H-pyrrole nitrogens is 1. The standard InChI is InChI=1S/C11H10N2O3/c1-16-7-2-4-10(14)8(6-7)9-3-5-11(15)13-12-9/h2-6,14H,1H3,(H,13,15). The quantitative estimate of drug-likeness (QED) is 0.792. The molecule has 5 nitrogen and oxygen atoms in total. The third kappa shape index (κ3) is 1.88. The minimum absolute atomic E-state index is 0.0837. The lowest BCUT2D eigenvalue weighted by Gasteiger charge is -2.05. The normalized spacial score (nSPS) is 10.1. The van der Waals surface area contributed by atoms with Crippen LogP contribution in [0.3, 0.4) is 0 Å². The molecule has 82 valence electrons. The topological polar surface area (TPSA) is 75.2 Å². The Balaban J connectivity index is 2.54. The molecule has 0 fully saturated rings. The van der Waals surface area contributed by atoms with Gasteiger partial charge in [0.25, 0.3) is 5.56 Å². The lowest BCUT2D eigenvalue weighted by molar-refractivity contribution is 0.412. The van der Waals surface area contributed by atoms with Crippen molar-refractivity contribution in [1.29, 1.82) is 0 Å². The number of phenolic OH excluding ortho intramolecular Hbond substituents is 1. The van der Waals surface area contributed by atoms with Crippen molar-refractivity contribution in [2.75, 3.05) is 7.11 Å². The zero-order valence-electron chi connectivity index (χ0n) is 8.60. The number of rotatable bonds is 2. The van der Waals surface area contributed by atoms with Gasteiger partial charge in [0.1, 0.15) is 11.5 Å². The molecule has 0 amide bonds. The first-order chi connectivity index (χ1) is 7.70. The van der Waals surface area contributed by atoms with Crippen LogP contribution in [-0.4, -0.2) is 22.4 Å². The second kappa shape index (κ2) is 4.06. The van der Waals surface area contributed by atoms with Crippen LogP contribution in [0.1, 0.15) is 0 Å². The zero-order chi connectivity index (χ0) is 11.5. The fraction of sp³-hybridized carbons (Fsp3) is 0.0909. The summed E-state index contributed by atoms with van der Waals surface area (Å²) >= 11 is 0. The van der Waals surface area contributed by atoms with Gasteiger partial charge < -0.3 is 9.84 Å². The van der Waals surface area contributed by atoms with Gasteiger partial charge in [-0.3, -0.25) is 4.79 Å². The van der Waals surface area contributed by atoms with E-state index < -0.39 is 0 Å². The Kier molecular flexibility index (Phi) is 2.59. The molecule has 2 N–H and O–H groups in total. The highest BCUT2D eigenvalue weighted by atomic mass is 16.5. The number of phenols is 1. The van der Waals surface area contributed by atoms with Gasteiger partial charge in [-0.2, -0.15) is 5.10 Å². The number of aromatic amines is 1. The SMILES string of the molecule is COc1ccc(O)c(-c2ccc(=O)[nH]n2)c1. The van der Waals surface area contributed by atoms with Gasteiger partial charge in [-0.1, -0.05) is 0 Å². The molecular formula is C11H10N2O3. The van der Waals surface area contributed by atoms with Crippen molar-refractivity contribution < 1.29 is 9.84 Å². The maximum Gasteiger partial charge on any atom is 0.264 e. The summed E-state index contributed by atoms with van der Waals surface area (Å²) in [7, 11) is 1.54. The predicted octanol–water partition coefficient (Wildman–Crippen LogP) is 1.15. The van der Waals surface area contributed by atoms with Crippen LogP contribution in [0.25, 0.3) is 11.3 Å². The maximum absolute atomic E-state index is 10.9. The van der Waals surface area contributed by atoms with Crippen LogP contribution in [0.5, 0.6) is 11.5 Å². The summed E-state index contributed by atoms with van der Waals surface area (Å²) in [5.41, 5.74) is 0.706. The van der Waals surface area contributed by atoms with Crippen LogP contribution in [0.15, 0.2) is 35.1 Å². The molecule has 0 unspecified atom stereocenters. The summed E-state index contributed by atoms with van der Waals surface area (Å²) in [4.78, 5) is 10.9. The fourth-order valence-electron chi connectivity index (χ4n) is 1.34. The Labute approximate surface area is 91.3 Å². The lowest BCUT2D eigenvalue weighted by atomic mass is 10.1. The summed E-state index contributed by atoms with van der Waals surface area (Å²) < 4.78 is 5.04. The highest BCUT2D eigenvalue weighted by molar-refractivity contribution is 5.67. The molecule has 0 aliphatic rings. The molecule has 2 aromatic rings. The van der Waals surface area contributed by atoms with Gasteiger partial charge in [0.05, 0.1) is 12.8 Å². The Morgan fingerprint density at radius 1 is 1.31 bits per heavy atom. The van der Waals surface area contributed by atoms with Crippen molar-refractivity contribution in [1.82, 2.24) is 10.2 Å². The molecule has 0 aliphatic carbocycles. The van der Waals surface area contributed by atoms with E-state index in [2.05, 4.69) is 10.2 Å². The molecule has 1 aromatic carbocycles. The molecule has 16 heavy (non-hydrogen) atoms. The van der Waals surface area contributed by atoms with E-state index in [1.165, 1.54) is 25.3 Å². The number of benzene rings is 1. The highest BCUT2D eigenvalue weighted by Gasteiger charge is 2.07. The Morgan fingerprint density at radius 3 is 2.75 bits per heavy atom. The average Bonchev–Trinajstić information content (AvgIpc) is 2.31. The number of aromatic nitrogens is 2. The van der Waals surface area contributed by atoms with Gasteiger partial charge in [0, 0.05) is 11.6 Å². The molecular weight excluding hydrogens is 208 g/mol. The number of hydrogen-bond acceptors (Lipinski definition) is 4. The van der Waals surface area contributed by atoms with Gasteiger partial charge in [0.2, 0.25) is 0 Å². The van der Waals surface area contributed by atoms with Crippen LogP contribution in [0.4, 0.5) is 0 Å². The van der Waals surface area contributed by atoms with Crippen molar-refractivity contribution in [3.8, 4) is 22.8 Å². The molecule has 5 heteroatoms. The first-order valence-electron chi connectivity index (χ1n) is 4.64. The van der Waals surface area contributed by atoms with Gasteiger partial charge in [-0.15, -0.1) is 0 Å². The van der Waals surface area contributed by atoms with Crippen LogP contribution in [-0.2, 0) is 0 Å². The Bertz CT molecular complexity index is 543. The van der Waals surface area contributed by atoms with E-state index in [0.717, 1.165) is 0 Å². The van der Waals surface area contributed by atoms with E-state index in [1.54, 1.807) is 12.1 Å². The third-order valence-electron chi connectivity index (χ3n) is 2.16. The van der Waals surface area contributed by atoms with E-state index in [0.29, 0.717) is 17.0 Å². The second-order valence-electron chi connectivity index (χ2n) is 3.19. The molecule has 0 saturated heterocycles. The van der Waals surface area contributed by atoms with E-state index in [4.69, 9.17) is 4.74 Å². The Morgan fingerprint density at radius 2 is 2.12 bits per heavy atom. The predicted molar refractivity (Wildman–Crippen MR) is 58.5 cm³/mol. The molecule has 0 atom stereocenters. The van der Waals surface area contributed by atoms with Crippen molar-refractivity contribution in [2.24, 2.45) is 0 Å². The second-order valence-corrected chi connectivity index (χ2v) is 3.19. The van der Waals surface area contributed by atoms with E-state index >= 15 is 0 Å². The van der Waals surface area contributed by atoms with Crippen molar-refractivity contribution in [3.63, 3.8) is 0 Å². The summed E-state index contributed by atoms with van der Waals surface area (Å²) in [5, 5.41) is 15.8. The van der Waals surface area contributed by atoms with Crippen LogP contribution in [0.2, 0.25) is 0 Å². The molecule has 0 bridgehead atoms. The molecule has 1 heterocycles. The number of nitrogens with one attached hydrogen (secondary N) is 1. The van der Waals surface area contributed by atoms with Crippen LogP contribution >= 0.6 is 0 Å². The highest BCUT2D eigenvalue weighted by Crippen LogP contribution is 2.30. The van der Waals surface area contributed by atoms with E-state index in [-0.39, 0.29) is 11.3 Å². The number of nitrogens with zero attached hydrogens (tertiary/aromatic N) is 1. The number of aromatic hydroxyl groups is 1. The van der Waals surface area contributed by atoms with Gasteiger partial charge in [-0.25, -0.2) is 5.10 Å². The minimum atomic E-state index is -0.286. The molecule has 1 aromatic heterocycles. The smallest absolute Gasteiger partial charge is 0.264 e. The average molecular weight is 218 g/mol. The maximum atomic E-state index is 10.9. The first kappa shape index (κ1) is 10.2. The molecule has 0 radical (unpaired) electrons. The summed E-state index contributed by atoms with van der Waals surface area (Å²) in [5.74, 6) is 0.696. The number of methoxy groups -OCH3 is 1. The van der Waals surface area contributed by atoms with E-state index in [1.807, 2.05) is 0 Å². The Hall–Kier alpha value is -2.30. The fourth-order valence-corrected chi connectivity index (χ4v) is 1.34. The largest absolute Gasteiger partial charge is 0.507 e. The number of hydrogen-bond donors (Lipinski definition) is 2. The van der Waals surface area contributed by atoms with Crippen LogP contribution in [0, 0.1) is 0 Å². The van der Waals surface area contributed by atoms with Gasteiger partial charge in [0.15, 0.2) is 0 Å². The van der Waals surface area contributed by atoms with Crippen LogP contribution < -0.4 is 10.3 Å².